The Hall–Kier alpha value is -1.78. The molecule has 0 bridgehead atoms. The molecule has 3 aromatic rings. The molecular weight excluding hydrogens is 443 g/mol. The average molecular weight is 464 g/mol. The molecule has 0 unspecified atom stereocenters. The fourth-order valence-electron chi connectivity index (χ4n) is 4.16. The van der Waals surface area contributed by atoms with E-state index >= 15 is 0 Å². The molecule has 0 radical (unpaired) electrons. The fraction of sp³-hybridized carbons (Fsp3) is 0.174. The van der Waals surface area contributed by atoms with Gasteiger partial charge in [-0.1, -0.05) is 60.2 Å². The number of alkyl carbamates (subject to hydrolysis) is 1. The van der Waals surface area contributed by atoms with Crippen molar-refractivity contribution in [2.45, 2.75) is 19.4 Å². The summed E-state index contributed by atoms with van der Waals surface area (Å²) < 4.78 is 45.1. The SMILES string of the molecule is Cc1c(CNC(=O)OCC2c3ccccc3-c3ccccc32)cc(N)cc1[B-](F)(F)F.[K+]. The molecular formula is C23H21BF3KN2O2. The van der Waals surface area contributed by atoms with Gasteiger partial charge in [-0.25, -0.2) is 4.79 Å². The first-order chi connectivity index (χ1) is 14.8. The number of benzene rings is 3. The topological polar surface area (TPSA) is 64.3 Å². The fourth-order valence-corrected chi connectivity index (χ4v) is 4.16. The standard InChI is InChI=1S/C23H21BF3N2O2.K/c1-14-15(10-16(28)11-22(14)24(25,26)27)12-29-23(30)31-13-21-19-8-4-2-6-17(19)18-7-3-5-9-20(18)21;/h2-11,21H,12-13,28H2,1H3,(H,29,30);/q-1;+1. The quantitative estimate of drug-likeness (QED) is 0.446. The second-order valence-electron chi connectivity index (χ2n) is 7.65. The minimum Gasteiger partial charge on any atom is -0.449 e. The Balaban J connectivity index is 0.00000289. The van der Waals surface area contributed by atoms with Crippen LogP contribution in [0.1, 0.15) is 28.2 Å². The van der Waals surface area contributed by atoms with Gasteiger partial charge in [-0.3, -0.25) is 0 Å². The number of rotatable bonds is 5. The van der Waals surface area contributed by atoms with E-state index in [4.69, 9.17) is 10.5 Å². The molecule has 0 spiro atoms. The molecule has 0 saturated carbocycles. The molecule has 1 aliphatic carbocycles. The van der Waals surface area contributed by atoms with E-state index in [1.54, 1.807) is 0 Å². The van der Waals surface area contributed by atoms with Crippen molar-refractivity contribution in [3.63, 3.8) is 0 Å². The van der Waals surface area contributed by atoms with Crippen molar-refractivity contribution in [1.82, 2.24) is 5.32 Å². The van der Waals surface area contributed by atoms with Gasteiger partial charge in [-0.2, -0.15) is 0 Å². The molecule has 3 aromatic carbocycles. The van der Waals surface area contributed by atoms with Crippen molar-refractivity contribution in [3.8, 4) is 11.1 Å². The Kier molecular flexibility index (Phi) is 7.77. The molecule has 4 nitrogen and oxygen atoms in total. The van der Waals surface area contributed by atoms with Crippen LogP contribution in [-0.4, -0.2) is 19.7 Å². The van der Waals surface area contributed by atoms with E-state index in [1.165, 1.54) is 13.0 Å². The van der Waals surface area contributed by atoms with Crippen LogP contribution in [0.2, 0.25) is 0 Å². The number of anilines is 1. The van der Waals surface area contributed by atoms with Crippen molar-refractivity contribution >= 4 is 24.2 Å². The monoisotopic (exact) mass is 464 g/mol. The van der Waals surface area contributed by atoms with Gasteiger partial charge in [0.2, 0.25) is 0 Å². The maximum absolute atomic E-state index is 13.2. The number of ether oxygens (including phenoxy) is 1. The van der Waals surface area contributed by atoms with E-state index in [-0.39, 0.29) is 81.7 Å². The van der Waals surface area contributed by atoms with Gasteiger partial charge in [0.1, 0.15) is 6.61 Å². The van der Waals surface area contributed by atoms with Crippen LogP contribution in [0, 0.1) is 6.92 Å². The molecule has 0 heterocycles. The molecule has 9 heteroatoms. The van der Waals surface area contributed by atoms with Gasteiger partial charge in [0, 0.05) is 18.2 Å². The number of carbonyl (C=O) groups is 1. The van der Waals surface area contributed by atoms with Crippen molar-refractivity contribution in [2.75, 3.05) is 12.3 Å². The zero-order valence-corrected chi connectivity index (χ0v) is 21.0. The van der Waals surface area contributed by atoms with Crippen molar-refractivity contribution < 1.29 is 73.9 Å². The summed E-state index contributed by atoms with van der Waals surface area (Å²) in [4.78, 5) is 12.3. The van der Waals surface area contributed by atoms with E-state index < -0.39 is 18.5 Å². The van der Waals surface area contributed by atoms with Gasteiger partial charge < -0.3 is 28.7 Å². The predicted molar refractivity (Wildman–Crippen MR) is 116 cm³/mol. The molecule has 0 saturated heterocycles. The minimum absolute atomic E-state index is 0. The Morgan fingerprint density at radius 3 is 2.16 bits per heavy atom. The zero-order valence-electron chi connectivity index (χ0n) is 17.9. The van der Waals surface area contributed by atoms with Crippen LogP contribution in [0.3, 0.4) is 0 Å². The number of carbonyl (C=O) groups excluding carboxylic acids is 1. The number of nitrogens with two attached hydrogens (primary N) is 1. The number of nitrogens with one attached hydrogen (secondary N) is 1. The first kappa shape index (κ1) is 24.9. The first-order valence-corrected chi connectivity index (χ1v) is 9.93. The molecule has 1 aliphatic rings. The normalized spacial score (nSPS) is 12.5. The molecule has 160 valence electrons. The maximum atomic E-state index is 13.2. The summed E-state index contributed by atoms with van der Waals surface area (Å²) in [5, 5.41) is 2.54. The summed E-state index contributed by atoms with van der Waals surface area (Å²) >= 11 is 0. The van der Waals surface area contributed by atoms with E-state index in [2.05, 4.69) is 5.32 Å². The molecule has 3 N–H and O–H groups in total. The summed E-state index contributed by atoms with van der Waals surface area (Å²) in [6.07, 6.45) is -0.692. The van der Waals surface area contributed by atoms with Crippen LogP contribution >= 0.6 is 0 Å². The van der Waals surface area contributed by atoms with Crippen molar-refractivity contribution in [1.29, 1.82) is 0 Å². The first-order valence-electron chi connectivity index (χ1n) is 9.93. The maximum Gasteiger partial charge on any atom is 1.00 e. The van der Waals surface area contributed by atoms with Gasteiger partial charge in [0.25, 0.3) is 0 Å². The van der Waals surface area contributed by atoms with E-state index in [9.17, 15) is 17.7 Å². The number of halogens is 3. The van der Waals surface area contributed by atoms with E-state index in [0.717, 1.165) is 28.3 Å². The Labute approximate surface area is 227 Å². The second-order valence-corrected chi connectivity index (χ2v) is 7.65. The number of fused-ring (bicyclic) bond motifs is 3. The number of amides is 1. The van der Waals surface area contributed by atoms with Crippen LogP contribution in [0.25, 0.3) is 11.1 Å². The minimum atomic E-state index is -5.19. The summed E-state index contributed by atoms with van der Waals surface area (Å²) in [6.45, 7) is -3.79. The van der Waals surface area contributed by atoms with Crippen LogP contribution in [0.4, 0.5) is 23.4 Å². The smallest absolute Gasteiger partial charge is 0.449 e. The predicted octanol–water partition coefficient (Wildman–Crippen LogP) is 1.67. The van der Waals surface area contributed by atoms with Gasteiger partial charge in [0.05, 0.1) is 0 Å². The summed E-state index contributed by atoms with van der Waals surface area (Å²) in [5.41, 5.74) is 9.65. The van der Waals surface area contributed by atoms with Crippen LogP contribution in [0.15, 0.2) is 60.7 Å². The molecule has 32 heavy (non-hydrogen) atoms. The van der Waals surface area contributed by atoms with Gasteiger partial charge in [-0.05, 0) is 40.8 Å². The van der Waals surface area contributed by atoms with Crippen LogP contribution in [-0.2, 0) is 11.3 Å². The Morgan fingerprint density at radius 2 is 1.59 bits per heavy atom. The van der Waals surface area contributed by atoms with Crippen molar-refractivity contribution in [3.05, 3.63) is 82.9 Å². The van der Waals surface area contributed by atoms with Crippen LogP contribution in [0.5, 0.6) is 0 Å². The third-order valence-electron chi connectivity index (χ3n) is 5.70. The number of hydrogen-bond donors (Lipinski definition) is 2. The second kappa shape index (κ2) is 10.0. The van der Waals surface area contributed by atoms with E-state index in [0.29, 0.717) is 5.56 Å². The average Bonchev–Trinajstić information content (AvgIpc) is 3.05. The van der Waals surface area contributed by atoms with E-state index in [1.807, 2.05) is 48.5 Å². The molecule has 0 aliphatic heterocycles. The Morgan fingerprint density at radius 1 is 1.03 bits per heavy atom. The number of hydrogen-bond acceptors (Lipinski definition) is 3. The largest absolute Gasteiger partial charge is 1.00 e. The number of nitrogen functional groups attached to an aromatic ring is 1. The van der Waals surface area contributed by atoms with Gasteiger partial charge >= 0.3 is 64.5 Å². The molecule has 1 amide bonds. The molecule has 4 rings (SSSR count). The molecule has 0 fully saturated rings. The zero-order chi connectivity index (χ0) is 22.2. The molecule has 0 aromatic heterocycles. The third kappa shape index (κ3) is 5.07. The van der Waals surface area contributed by atoms with Crippen molar-refractivity contribution in [2.24, 2.45) is 0 Å². The Bertz CT molecular complexity index is 1110. The third-order valence-corrected chi connectivity index (χ3v) is 5.70. The summed E-state index contributed by atoms with van der Waals surface area (Å²) in [5.74, 6) is -0.0909. The molecule has 0 atom stereocenters. The summed E-state index contributed by atoms with van der Waals surface area (Å²) in [7, 11) is 0. The summed E-state index contributed by atoms with van der Waals surface area (Å²) in [6, 6.07) is 18.3. The van der Waals surface area contributed by atoms with Gasteiger partial charge in [-0.15, -0.1) is 5.46 Å². The van der Waals surface area contributed by atoms with Crippen LogP contribution < -0.4 is 67.9 Å². The van der Waals surface area contributed by atoms with Gasteiger partial charge in [0.15, 0.2) is 0 Å².